The van der Waals surface area contributed by atoms with Crippen molar-refractivity contribution in [2.75, 3.05) is 0 Å². The zero-order valence-corrected chi connectivity index (χ0v) is 13.3. The van der Waals surface area contributed by atoms with Gasteiger partial charge in [0.2, 0.25) is 0 Å². The SMILES string of the molecule is O=C(Cn1c(=O)oc2ccccc21)OCc1ccc(Cl)cc1Cl. The number of nitrogens with zero attached hydrogens (tertiary/aromatic N) is 1. The molecular formula is C16H11Cl2NO4. The Kier molecular flexibility index (Phi) is 4.41. The fourth-order valence-corrected chi connectivity index (χ4v) is 2.60. The fourth-order valence-electron chi connectivity index (χ4n) is 2.14. The molecule has 0 aliphatic heterocycles. The summed E-state index contributed by atoms with van der Waals surface area (Å²) in [5.41, 5.74) is 1.60. The van der Waals surface area contributed by atoms with Gasteiger partial charge in [0.05, 0.1) is 5.52 Å². The molecule has 5 nitrogen and oxygen atoms in total. The minimum Gasteiger partial charge on any atom is -0.459 e. The molecule has 3 aromatic rings. The van der Waals surface area contributed by atoms with Crippen LogP contribution in [0.25, 0.3) is 11.1 Å². The Balaban J connectivity index is 1.72. The van der Waals surface area contributed by atoms with Gasteiger partial charge in [-0.25, -0.2) is 4.79 Å². The van der Waals surface area contributed by atoms with Crippen LogP contribution in [0.15, 0.2) is 51.7 Å². The van der Waals surface area contributed by atoms with E-state index in [9.17, 15) is 9.59 Å². The number of aromatic nitrogens is 1. The Bertz CT molecular complexity index is 929. The summed E-state index contributed by atoms with van der Waals surface area (Å²) in [5.74, 6) is -1.17. The minimum atomic E-state index is -0.604. The molecule has 7 heteroatoms. The molecule has 0 N–H and O–H groups in total. The van der Waals surface area contributed by atoms with Gasteiger partial charge < -0.3 is 9.15 Å². The molecule has 0 fully saturated rings. The van der Waals surface area contributed by atoms with E-state index in [0.29, 0.717) is 26.7 Å². The predicted molar refractivity (Wildman–Crippen MR) is 86.7 cm³/mol. The van der Waals surface area contributed by atoms with Gasteiger partial charge >= 0.3 is 11.7 Å². The number of halogens is 2. The van der Waals surface area contributed by atoms with Crippen LogP contribution in [0.5, 0.6) is 0 Å². The molecule has 0 aliphatic carbocycles. The quantitative estimate of drug-likeness (QED) is 0.673. The van der Waals surface area contributed by atoms with Crippen LogP contribution in [0.2, 0.25) is 10.0 Å². The highest BCUT2D eigenvalue weighted by Crippen LogP contribution is 2.21. The van der Waals surface area contributed by atoms with Crippen LogP contribution in [-0.2, 0) is 22.7 Å². The molecular weight excluding hydrogens is 341 g/mol. The summed E-state index contributed by atoms with van der Waals surface area (Å²) >= 11 is 11.8. The lowest BCUT2D eigenvalue weighted by molar-refractivity contribution is -0.145. The number of ether oxygens (including phenoxy) is 1. The summed E-state index contributed by atoms with van der Waals surface area (Å²) in [6.45, 7) is -0.236. The van der Waals surface area contributed by atoms with Gasteiger partial charge in [-0.1, -0.05) is 41.4 Å². The number of esters is 1. The van der Waals surface area contributed by atoms with Gasteiger partial charge in [0.15, 0.2) is 5.58 Å². The van der Waals surface area contributed by atoms with Crippen molar-refractivity contribution in [2.24, 2.45) is 0 Å². The first kappa shape index (κ1) is 15.6. The van der Waals surface area contributed by atoms with Gasteiger partial charge in [0.25, 0.3) is 0 Å². The number of carbonyl (C=O) groups excluding carboxylic acids is 1. The molecule has 23 heavy (non-hydrogen) atoms. The molecule has 2 aromatic carbocycles. The smallest absolute Gasteiger partial charge is 0.420 e. The van der Waals surface area contributed by atoms with Gasteiger partial charge in [-0.15, -0.1) is 0 Å². The van der Waals surface area contributed by atoms with E-state index in [1.807, 2.05) is 0 Å². The molecule has 0 spiro atoms. The molecule has 0 aliphatic rings. The van der Waals surface area contributed by atoms with Gasteiger partial charge in [0, 0.05) is 15.6 Å². The van der Waals surface area contributed by atoms with Crippen molar-refractivity contribution in [2.45, 2.75) is 13.2 Å². The fraction of sp³-hybridized carbons (Fsp3) is 0.125. The average molecular weight is 352 g/mol. The van der Waals surface area contributed by atoms with Crippen molar-refractivity contribution in [3.63, 3.8) is 0 Å². The number of para-hydroxylation sites is 2. The maximum absolute atomic E-state index is 12.0. The summed E-state index contributed by atoms with van der Waals surface area (Å²) in [5, 5.41) is 0.915. The molecule has 3 rings (SSSR count). The summed E-state index contributed by atoms with van der Waals surface area (Å²) in [6, 6.07) is 11.8. The maximum atomic E-state index is 12.0. The first-order chi connectivity index (χ1) is 11.0. The zero-order valence-electron chi connectivity index (χ0n) is 11.8. The highest BCUT2D eigenvalue weighted by molar-refractivity contribution is 6.35. The third-order valence-corrected chi connectivity index (χ3v) is 3.85. The summed E-state index contributed by atoms with van der Waals surface area (Å²) < 4.78 is 11.4. The third-order valence-electron chi connectivity index (χ3n) is 3.26. The number of oxazole rings is 1. The first-order valence-electron chi connectivity index (χ1n) is 6.72. The highest BCUT2D eigenvalue weighted by Gasteiger charge is 2.13. The van der Waals surface area contributed by atoms with Gasteiger partial charge in [-0.05, 0) is 24.3 Å². The Morgan fingerprint density at radius 2 is 1.96 bits per heavy atom. The maximum Gasteiger partial charge on any atom is 0.420 e. The monoisotopic (exact) mass is 351 g/mol. The standard InChI is InChI=1S/C16H11Cl2NO4/c17-11-6-5-10(12(18)7-11)9-22-15(20)8-19-13-3-1-2-4-14(13)23-16(19)21/h1-7H,8-9H2. The summed E-state index contributed by atoms with van der Waals surface area (Å²) in [7, 11) is 0. The van der Waals surface area contributed by atoms with E-state index < -0.39 is 11.7 Å². The third kappa shape index (κ3) is 3.41. The number of hydrogen-bond donors (Lipinski definition) is 0. The summed E-state index contributed by atoms with van der Waals surface area (Å²) in [6.07, 6.45) is 0. The molecule has 1 heterocycles. The van der Waals surface area contributed by atoms with Gasteiger partial charge in [-0.2, -0.15) is 0 Å². The molecule has 0 unspecified atom stereocenters. The van der Waals surface area contributed by atoms with Crippen molar-refractivity contribution in [3.8, 4) is 0 Å². The van der Waals surface area contributed by atoms with Crippen molar-refractivity contribution in [1.82, 2.24) is 4.57 Å². The van der Waals surface area contributed by atoms with Gasteiger partial charge in [0.1, 0.15) is 13.2 Å². The number of rotatable bonds is 4. The predicted octanol–water partition coefficient (Wildman–Crippen LogP) is 3.64. The van der Waals surface area contributed by atoms with E-state index in [1.165, 1.54) is 4.57 Å². The lowest BCUT2D eigenvalue weighted by Crippen LogP contribution is -2.21. The number of benzene rings is 2. The lowest BCUT2D eigenvalue weighted by Gasteiger charge is -2.07. The molecule has 0 radical (unpaired) electrons. The van der Waals surface area contributed by atoms with E-state index in [1.54, 1.807) is 42.5 Å². The van der Waals surface area contributed by atoms with E-state index in [-0.39, 0.29) is 13.2 Å². The Morgan fingerprint density at radius 3 is 2.74 bits per heavy atom. The zero-order chi connectivity index (χ0) is 16.4. The molecule has 0 atom stereocenters. The van der Waals surface area contributed by atoms with E-state index in [4.69, 9.17) is 32.4 Å². The Morgan fingerprint density at radius 1 is 1.17 bits per heavy atom. The van der Waals surface area contributed by atoms with E-state index >= 15 is 0 Å². The molecule has 0 saturated carbocycles. The topological polar surface area (TPSA) is 61.4 Å². The molecule has 1 aromatic heterocycles. The first-order valence-corrected chi connectivity index (χ1v) is 7.48. The molecule has 0 amide bonds. The van der Waals surface area contributed by atoms with Crippen LogP contribution >= 0.6 is 23.2 Å². The van der Waals surface area contributed by atoms with Crippen LogP contribution in [0.3, 0.4) is 0 Å². The molecule has 0 saturated heterocycles. The van der Waals surface area contributed by atoms with E-state index in [2.05, 4.69) is 0 Å². The average Bonchev–Trinajstić information content (AvgIpc) is 2.82. The summed E-state index contributed by atoms with van der Waals surface area (Å²) in [4.78, 5) is 23.8. The van der Waals surface area contributed by atoms with Crippen molar-refractivity contribution < 1.29 is 13.9 Å². The normalized spacial score (nSPS) is 10.9. The number of hydrogen-bond acceptors (Lipinski definition) is 4. The largest absolute Gasteiger partial charge is 0.459 e. The van der Waals surface area contributed by atoms with Crippen LogP contribution in [-0.4, -0.2) is 10.5 Å². The van der Waals surface area contributed by atoms with Crippen LogP contribution < -0.4 is 5.76 Å². The second kappa shape index (κ2) is 6.48. The van der Waals surface area contributed by atoms with Crippen molar-refractivity contribution >= 4 is 40.3 Å². The molecule has 0 bridgehead atoms. The van der Waals surface area contributed by atoms with E-state index in [0.717, 1.165) is 0 Å². The van der Waals surface area contributed by atoms with Crippen molar-refractivity contribution in [1.29, 1.82) is 0 Å². The lowest BCUT2D eigenvalue weighted by atomic mass is 10.2. The van der Waals surface area contributed by atoms with Crippen LogP contribution in [0, 0.1) is 0 Å². The van der Waals surface area contributed by atoms with Gasteiger partial charge in [-0.3, -0.25) is 9.36 Å². The molecule has 118 valence electrons. The second-order valence-electron chi connectivity index (χ2n) is 4.82. The Labute approximate surface area is 141 Å². The van der Waals surface area contributed by atoms with Crippen LogP contribution in [0.1, 0.15) is 5.56 Å². The van der Waals surface area contributed by atoms with Crippen LogP contribution in [0.4, 0.5) is 0 Å². The minimum absolute atomic E-state index is 0.000625. The number of fused-ring (bicyclic) bond motifs is 1. The number of carbonyl (C=O) groups is 1. The second-order valence-corrected chi connectivity index (χ2v) is 5.66. The van der Waals surface area contributed by atoms with Crippen molar-refractivity contribution in [3.05, 3.63) is 68.6 Å². The Hall–Kier alpha value is -2.24. The highest BCUT2D eigenvalue weighted by atomic mass is 35.5.